The van der Waals surface area contributed by atoms with Crippen LogP contribution >= 0.6 is 0 Å². The summed E-state index contributed by atoms with van der Waals surface area (Å²) in [5.74, 6) is 1.14. The number of hydrogen-bond acceptors (Lipinski definition) is 5. The average molecular weight is 407 g/mol. The molecule has 0 aliphatic carbocycles. The molecule has 30 heavy (non-hydrogen) atoms. The molecule has 0 fully saturated rings. The van der Waals surface area contributed by atoms with Crippen molar-refractivity contribution in [3.8, 4) is 11.5 Å². The zero-order valence-electron chi connectivity index (χ0n) is 17.2. The minimum Gasteiger partial charge on any atom is -0.454 e. The zero-order valence-corrected chi connectivity index (χ0v) is 17.2. The molecule has 2 amide bonds. The molecule has 0 saturated carbocycles. The third kappa shape index (κ3) is 4.30. The van der Waals surface area contributed by atoms with Crippen molar-refractivity contribution in [2.75, 3.05) is 13.3 Å². The lowest BCUT2D eigenvalue weighted by molar-refractivity contribution is -0.132. The van der Waals surface area contributed by atoms with Gasteiger partial charge in [0.25, 0.3) is 5.91 Å². The van der Waals surface area contributed by atoms with Crippen LogP contribution in [0.1, 0.15) is 37.8 Å². The van der Waals surface area contributed by atoms with Gasteiger partial charge in [0, 0.05) is 24.8 Å². The number of fused-ring (bicyclic) bond motifs is 1. The molecule has 4 rings (SSSR count). The molecule has 0 unspecified atom stereocenters. The molecule has 156 valence electrons. The summed E-state index contributed by atoms with van der Waals surface area (Å²) in [5, 5.41) is 8.69. The SMILES string of the molecule is CC(C)(CNC(=O)C1=NN(Cc2ccccc2)C(=O)CC1)c1ccc2c(c1)OCO2. The van der Waals surface area contributed by atoms with E-state index in [2.05, 4.69) is 24.3 Å². The van der Waals surface area contributed by atoms with E-state index in [-0.39, 0.29) is 30.4 Å². The first kappa shape index (κ1) is 19.9. The van der Waals surface area contributed by atoms with E-state index >= 15 is 0 Å². The maximum atomic E-state index is 12.7. The second kappa shape index (κ2) is 8.18. The lowest BCUT2D eigenvalue weighted by Crippen LogP contribution is -2.43. The van der Waals surface area contributed by atoms with Gasteiger partial charge >= 0.3 is 0 Å². The van der Waals surface area contributed by atoms with Crippen molar-refractivity contribution < 1.29 is 19.1 Å². The number of hydrazone groups is 1. The summed E-state index contributed by atoms with van der Waals surface area (Å²) >= 11 is 0. The normalized spacial score (nSPS) is 15.7. The number of benzene rings is 2. The molecular formula is C23H25N3O4. The molecule has 2 heterocycles. The third-order valence-electron chi connectivity index (χ3n) is 5.39. The topological polar surface area (TPSA) is 80.2 Å². The fraction of sp³-hybridized carbons (Fsp3) is 0.348. The van der Waals surface area contributed by atoms with Gasteiger partial charge in [0.15, 0.2) is 11.5 Å². The van der Waals surface area contributed by atoms with Crippen molar-refractivity contribution in [1.82, 2.24) is 10.3 Å². The molecule has 2 aromatic rings. The van der Waals surface area contributed by atoms with Gasteiger partial charge in [0.05, 0.1) is 6.54 Å². The number of carbonyl (C=O) groups excluding carboxylic acids is 2. The first-order valence-electron chi connectivity index (χ1n) is 10.0. The Balaban J connectivity index is 1.41. The fourth-order valence-electron chi connectivity index (χ4n) is 3.47. The highest BCUT2D eigenvalue weighted by molar-refractivity contribution is 6.39. The second-order valence-electron chi connectivity index (χ2n) is 8.12. The summed E-state index contributed by atoms with van der Waals surface area (Å²) in [6.07, 6.45) is 0.630. The number of ether oxygens (including phenoxy) is 2. The largest absolute Gasteiger partial charge is 0.454 e. The van der Waals surface area contributed by atoms with E-state index in [9.17, 15) is 9.59 Å². The van der Waals surface area contributed by atoms with Crippen LogP contribution < -0.4 is 14.8 Å². The number of amides is 2. The van der Waals surface area contributed by atoms with Gasteiger partial charge in [-0.15, -0.1) is 0 Å². The third-order valence-corrected chi connectivity index (χ3v) is 5.39. The van der Waals surface area contributed by atoms with Crippen molar-refractivity contribution in [3.63, 3.8) is 0 Å². The Morgan fingerprint density at radius 1 is 1.10 bits per heavy atom. The first-order chi connectivity index (χ1) is 14.4. The highest BCUT2D eigenvalue weighted by Gasteiger charge is 2.28. The highest BCUT2D eigenvalue weighted by atomic mass is 16.7. The lowest BCUT2D eigenvalue weighted by Gasteiger charge is -2.27. The predicted molar refractivity (Wildman–Crippen MR) is 112 cm³/mol. The van der Waals surface area contributed by atoms with Crippen molar-refractivity contribution in [2.45, 2.75) is 38.6 Å². The summed E-state index contributed by atoms with van der Waals surface area (Å²) in [5.41, 5.74) is 2.08. The monoisotopic (exact) mass is 407 g/mol. The van der Waals surface area contributed by atoms with E-state index < -0.39 is 0 Å². The molecule has 0 spiro atoms. The van der Waals surface area contributed by atoms with Crippen LogP contribution in [0.4, 0.5) is 0 Å². The Hall–Kier alpha value is -3.35. The van der Waals surface area contributed by atoms with Crippen LogP contribution in [0, 0.1) is 0 Å². The number of nitrogens with zero attached hydrogens (tertiary/aromatic N) is 2. The average Bonchev–Trinajstić information content (AvgIpc) is 3.22. The maximum Gasteiger partial charge on any atom is 0.267 e. The molecule has 1 N–H and O–H groups in total. The van der Waals surface area contributed by atoms with Gasteiger partial charge in [0.1, 0.15) is 5.71 Å². The van der Waals surface area contributed by atoms with E-state index in [1.807, 2.05) is 48.5 Å². The van der Waals surface area contributed by atoms with E-state index in [1.165, 1.54) is 5.01 Å². The number of rotatable bonds is 6. The molecule has 0 atom stereocenters. The smallest absolute Gasteiger partial charge is 0.267 e. The molecule has 7 nitrogen and oxygen atoms in total. The van der Waals surface area contributed by atoms with Crippen LogP contribution in [0.15, 0.2) is 53.6 Å². The number of carbonyl (C=O) groups is 2. The number of nitrogens with one attached hydrogen (secondary N) is 1. The van der Waals surface area contributed by atoms with E-state index in [0.717, 1.165) is 22.6 Å². The second-order valence-corrected chi connectivity index (χ2v) is 8.12. The molecule has 0 saturated heterocycles. The van der Waals surface area contributed by atoms with Crippen LogP contribution in [0.5, 0.6) is 11.5 Å². The lowest BCUT2D eigenvalue weighted by atomic mass is 9.84. The summed E-state index contributed by atoms with van der Waals surface area (Å²) in [6, 6.07) is 15.4. The molecule has 0 bridgehead atoms. The van der Waals surface area contributed by atoms with Gasteiger partial charge in [-0.2, -0.15) is 5.10 Å². The Labute approximate surface area is 175 Å². The summed E-state index contributed by atoms with van der Waals surface area (Å²) < 4.78 is 10.8. The molecule has 2 aromatic carbocycles. The van der Waals surface area contributed by atoms with Gasteiger partial charge in [-0.1, -0.05) is 50.2 Å². The maximum absolute atomic E-state index is 12.7. The Bertz CT molecular complexity index is 985. The predicted octanol–water partition coefficient (Wildman–Crippen LogP) is 2.99. The quantitative estimate of drug-likeness (QED) is 0.798. The van der Waals surface area contributed by atoms with Crippen molar-refractivity contribution >= 4 is 17.5 Å². The Morgan fingerprint density at radius 3 is 2.67 bits per heavy atom. The van der Waals surface area contributed by atoms with Crippen LogP contribution in [0.25, 0.3) is 0 Å². The number of hydrogen-bond donors (Lipinski definition) is 1. The van der Waals surface area contributed by atoms with E-state index in [4.69, 9.17) is 9.47 Å². The van der Waals surface area contributed by atoms with E-state index in [0.29, 0.717) is 25.2 Å². The Kier molecular flexibility index (Phi) is 5.44. The van der Waals surface area contributed by atoms with Gasteiger partial charge in [-0.25, -0.2) is 5.01 Å². The minimum absolute atomic E-state index is 0.0731. The standard InChI is InChI=1S/C23H25N3O4/c1-23(2,17-8-10-19-20(12-17)30-15-29-19)14-24-22(28)18-9-11-21(27)26(25-18)13-16-6-4-3-5-7-16/h3-8,10,12H,9,11,13-15H2,1-2H3,(H,24,28). The van der Waals surface area contributed by atoms with Crippen LogP contribution in [-0.4, -0.2) is 35.9 Å². The van der Waals surface area contributed by atoms with Gasteiger partial charge in [-0.3, -0.25) is 9.59 Å². The zero-order chi connectivity index (χ0) is 21.1. The first-order valence-corrected chi connectivity index (χ1v) is 10.0. The van der Waals surface area contributed by atoms with Crippen molar-refractivity contribution in [3.05, 3.63) is 59.7 Å². The molecule has 2 aliphatic rings. The molecule has 0 radical (unpaired) electrons. The fourth-order valence-corrected chi connectivity index (χ4v) is 3.47. The van der Waals surface area contributed by atoms with Crippen LogP contribution in [0.3, 0.4) is 0 Å². The molecule has 7 heteroatoms. The van der Waals surface area contributed by atoms with E-state index in [1.54, 1.807) is 0 Å². The van der Waals surface area contributed by atoms with Gasteiger partial charge in [0.2, 0.25) is 12.7 Å². The summed E-state index contributed by atoms with van der Waals surface area (Å²) in [4.78, 5) is 25.0. The molecule has 0 aromatic heterocycles. The molecule has 2 aliphatic heterocycles. The van der Waals surface area contributed by atoms with Gasteiger partial charge in [-0.05, 0) is 23.3 Å². The van der Waals surface area contributed by atoms with Crippen LogP contribution in [-0.2, 0) is 21.5 Å². The van der Waals surface area contributed by atoms with Gasteiger partial charge < -0.3 is 14.8 Å². The summed E-state index contributed by atoms with van der Waals surface area (Å²) in [7, 11) is 0. The summed E-state index contributed by atoms with van der Waals surface area (Å²) in [6.45, 7) is 5.13. The van der Waals surface area contributed by atoms with Crippen LogP contribution in [0.2, 0.25) is 0 Å². The Morgan fingerprint density at radius 2 is 1.87 bits per heavy atom. The van der Waals surface area contributed by atoms with Crippen molar-refractivity contribution in [1.29, 1.82) is 0 Å². The minimum atomic E-state index is -0.314. The van der Waals surface area contributed by atoms with Crippen molar-refractivity contribution in [2.24, 2.45) is 5.10 Å². The highest BCUT2D eigenvalue weighted by Crippen LogP contribution is 2.36. The molecular weight excluding hydrogens is 382 g/mol.